The van der Waals surface area contributed by atoms with Crippen LogP contribution in [-0.2, 0) is 19.9 Å². The fourth-order valence-corrected chi connectivity index (χ4v) is 7.01. The van der Waals surface area contributed by atoms with E-state index in [0.29, 0.717) is 19.0 Å². The van der Waals surface area contributed by atoms with Gasteiger partial charge in [0.15, 0.2) is 9.84 Å². The maximum absolute atomic E-state index is 12.2. The van der Waals surface area contributed by atoms with Crippen molar-refractivity contribution in [3.63, 3.8) is 0 Å². The van der Waals surface area contributed by atoms with Crippen LogP contribution in [0.15, 0.2) is 0 Å². The molecule has 2 saturated heterocycles. The first-order valence-corrected chi connectivity index (χ1v) is 9.33. The van der Waals surface area contributed by atoms with Gasteiger partial charge < -0.3 is 0 Å². The SMILES string of the molecule is CC1CCN(S(=O)(=O)C2CCS(=O)(=O)C2)CC1. The Hall–Kier alpha value is -0.140. The van der Waals surface area contributed by atoms with Crippen molar-refractivity contribution in [3.05, 3.63) is 0 Å². The zero-order valence-electron chi connectivity index (χ0n) is 10.0. The van der Waals surface area contributed by atoms with Gasteiger partial charge in [0.25, 0.3) is 0 Å². The minimum Gasteiger partial charge on any atom is -0.229 e. The second-order valence-corrected chi connectivity index (χ2v) is 9.59. The number of piperidine rings is 1. The van der Waals surface area contributed by atoms with Gasteiger partial charge in [-0.3, -0.25) is 0 Å². The quantitative estimate of drug-likeness (QED) is 0.726. The molecule has 0 aromatic heterocycles. The van der Waals surface area contributed by atoms with Crippen LogP contribution >= 0.6 is 0 Å². The van der Waals surface area contributed by atoms with E-state index in [1.165, 1.54) is 4.31 Å². The fourth-order valence-electron chi connectivity index (χ4n) is 2.45. The molecule has 2 rings (SSSR count). The first kappa shape index (κ1) is 13.3. The van der Waals surface area contributed by atoms with Crippen LogP contribution in [0.2, 0.25) is 0 Å². The first-order valence-electron chi connectivity index (χ1n) is 6.01. The molecule has 5 nitrogen and oxygen atoms in total. The first-order chi connectivity index (χ1) is 7.81. The molecular formula is C10H19NO4S2. The average Bonchev–Trinajstić information content (AvgIpc) is 2.60. The van der Waals surface area contributed by atoms with Gasteiger partial charge >= 0.3 is 0 Å². The Morgan fingerprint density at radius 2 is 1.71 bits per heavy atom. The molecule has 1 unspecified atom stereocenters. The molecule has 0 aromatic rings. The third-order valence-electron chi connectivity index (χ3n) is 3.71. The molecule has 0 N–H and O–H groups in total. The van der Waals surface area contributed by atoms with Gasteiger partial charge in [0, 0.05) is 13.1 Å². The number of sulfonamides is 1. The standard InChI is InChI=1S/C10H19NO4S2/c1-9-2-5-11(6-3-9)17(14,15)10-4-7-16(12,13)8-10/h9-10H,2-8H2,1H3. The molecule has 2 aliphatic rings. The van der Waals surface area contributed by atoms with Crippen LogP contribution in [-0.4, -0.2) is 51.0 Å². The Bertz CT molecular complexity index is 474. The van der Waals surface area contributed by atoms with Gasteiger partial charge in [0.1, 0.15) is 0 Å². The second kappa shape index (κ2) is 4.51. The second-order valence-electron chi connectivity index (χ2n) is 5.15. The van der Waals surface area contributed by atoms with E-state index in [9.17, 15) is 16.8 Å². The predicted octanol–water partition coefficient (Wildman–Crippen LogP) is 0.235. The van der Waals surface area contributed by atoms with Crippen LogP contribution in [0, 0.1) is 5.92 Å². The monoisotopic (exact) mass is 281 g/mol. The molecule has 2 heterocycles. The molecule has 0 saturated carbocycles. The average molecular weight is 281 g/mol. The van der Waals surface area contributed by atoms with E-state index in [-0.39, 0.29) is 17.9 Å². The number of sulfone groups is 1. The van der Waals surface area contributed by atoms with Crippen LogP contribution in [0.4, 0.5) is 0 Å². The van der Waals surface area contributed by atoms with Crippen molar-refractivity contribution in [2.45, 2.75) is 31.4 Å². The summed E-state index contributed by atoms with van der Waals surface area (Å²) in [4.78, 5) is 0. The highest BCUT2D eigenvalue weighted by Crippen LogP contribution is 2.26. The molecule has 2 fully saturated rings. The number of hydrogen-bond donors (Lipinski definition) is 0. The Morgan fingerprint density at radius 1 is 1.12 bits per heavy atom. The van der Waals surface area contributed by atoms with Crippen LogP contribution < -0.4 is 0 Å². The Morgan fingerprint density at radius 3 is 2.18 bits per heavy atom. The summed E-state index contributed by atoms with van der Waals surface area (Å²) in [5.41, 5.74) is 0. The molecule has 0 bridgehead atoms. The molecule has 0 aliphatic carbocycles. The maximum Gasteiger partial charge on any atom is 0.218 e. The van der Waals surface area contributed by atoms with E-state index in [1.807, 2.05) is 0 Å². The summed E-state index contributed by atoms with van der Waals surface area (Å²) in [5, 5.41) is -0.707. The van der Waals surface area contributed by atoms with Gasteiger partial charge in [-0.1, -0.05) is 6.92 Å². The smallest absolute Gasteiger partial charge is 0.218 e. The lowest BCUT2D eigenvalue weighted by molar-refractivity contribution is 0.286. The molecule has 0 aromatic carbocycles. The Kier molecular flexibility index (Phi) is 3.53. The third-order valence-corrected chi connectivity index (χ3v) is 8.02. The molecule has 0 spiro atoms. The van der Waals surface area contributed by atoms with Crippen molar-refractivity contribution < 1.29 is 16.8 Å². The Labute approximate surface area is 103 Å². The molecular weight excluding hydrogens is 262 g/mol. The summed E-state index contributed by atoms with van der Waals surface area (Å²) >= 11 is 0. The predicted molar refractivity (Wildman–Crippen MR) is 65.9 cm³/mol. The summed E-state index contributed by atoms with van der Waals surface area (Å²) in [7, 11) is -6.54. The van der Waals surface area contributed by atoms with Crippen LogP contribution in [0.5, 0.6) is 0 Å². The van der Waals surface area contributed by atoms with Gasteiger partial charge in [-0.05, 0) is 25.2 Å². The van der Waals surface area contributed by atoms with E-state index < -0.39 is 25.1 Å². The van der Waals surface area contributed by atoms with E-state index >= 15 is 0 Å². The maximum atomic E-state index is 12.2. The van der Waals surface area contributed by atoms with Gasteiger partial charge in [0.2, 0.25) is 10.0 Å². The number of hydrogen-bond acceptors (Lipinski definition) is 4. The minimum atomic E-state index is -3.40. The van der Waals surface area contributed by atoms with E-state index in [1.54, 1.807) is 0 Å². The zero-order chi connectivity index (χ0) is 12.7. The van der Waals surface area contributed by atoms with E-state index in [0.717, 1.165) is 12.8 Å². The summed E-state index contributed by atoms with van der Waals surface area (Å²) in [6.07, 6.45) is 2.01. The highest BCUT2D eigenvalue weighted by Gasteiger charge is 2.40. The lowest BCUT2D eigenvalue weighted by atomic mass is 10.0. The van der Waals surface area contributed by atoms with Crippen molar-refractivity contribution in [3.8, 4) is 0 Å². The minimum absolute atomic E-state index is 0.0150. The number of rotatable bonds is 2. The van der Waals surface area contributed by atoms with Crippen LogP contribution in [0.3, 0.4) is 0 Å². The van der Waals surface area contributed by atoms with Gasteiger partial charge in [-0.15, -0.1) is 0 Å². The Balaban J connectivity index is 2.09. The van der Waals surface area contributed by atoms with Crippen molar-refractivity contribution in [2.75, 3.05) is 24.6 Å². The van der Waals surface area contributed by atoms with Crippen molar-refractivity contribution in [2.24, 2.45) is 5.92 Å². The lowest BCUT2D eigenvalue weighted by Crippen LogP contribution is -2.43. The molecule has 0 amide bonds. The molecule has 17 heavy (non-hydrogen) atoms. The van der Waals surface area contributed by atoms with E-state index in [2.05, 4.69) is 6.92 Å². The van der Waals surface area contributed by atoms with Crippen LogP contribution in [0.1, 0.15) is 26.2 Å². The zero-order valence-corrected chi connectivity index (χ0v) is 11.6. The normalized spacial score (nSPS) is 31.7. The lowest BCUT2D eigenvalue weighted by Gasteiger charge is -2.31. The molecule has 2 aliphatic heterocycles. The molecule has 1 atom stereocenters. The molecule has 100 valence electrons. The van der Waals surface area contributed by atoms with Gasteiger partial charge in [0.05, 0.1) is 16.8 Å². The molecule has 7 heteroatoms. The van der Waals surface area contributed by atoms with Gasteiger partial charge in [-0.2, -0.15) is 0 Å². The highest BCUT2D eigenvalue weighted by molar-refractivity contribution is 7.95. The largest absolute Gasteiger partial charge is 0.229 e. The van der Waals surface area contributed by atoms with Crippen molar-refractivity contribution in [1.29, 1.82) is 0 Å². The van der Waals surface area contributed by atoms with Crippen molar-refractivity contribution >= 4 is 19.9 Å². The van der Waals surface area contributed by atoms with Crippen LogP contribution in [0.25, 0.3) is 0 Å². The summed E-state index contributed by atoms with van der Waals surface area (Å²) < 4.78 is 48.7. The summed E-state index contributed by atoms with van der Waals surface area (Å²) in [6, 6.07) is 0. The third kappa shape index (κ3) is 2.82. The topological polar surface area (TPSA) is 71.5 Å². The molecule has 0 radical (unpaired) electrons. The van der Waals surface area contributed by atoms with E-state index in [4.69, 9.17) is 0 Å². The highest BCUT2D eigenvalue weighted by atomic mass is 32.2. The summed E-state index contributed by atoms with van der Waals surface area (Å²) in [5.74, 6) is 0.386. The summed E-state index contributed by atoms with van der Waals surface area (Å²) in [6.45, 7) is 3.20. The van der Waals surface area contributed by atoms with Gasteiger partial charge in [-0.25, -0.2) is 21.1 Å². The van der Waals surface area contributed by atoms with Crippen molar-refractivity contribution in [1.82, 2.24) is 4.31 Å². The fraction of sp³-hybridized carbons (Fsp3) is 1.00. The number of nitrogens with zero attached hydrogens (tertiary/aromatic N) is 1.